The number of hydrogen-bond donors (Lipinski definition) is 1. The Bertz CT molecular complexity index is 618. The smallest absolute Gasteiger partial charge is 0.256 e. The van der Waals surface area contributed by atoms with Gasteiger partial charge in [0, 0.05) is 10.6 Å². The van der Waals surface area contributed by atoms with Gasteiger partial charge in [0.2, 0.25) is 0 Å². The highest BCUT2D eigenvalue weighted by Crippen LogP contribution is 2.23. The number of thioether (sulfide) groups is 1. The van der Waals surface area contributed by atoms with Crippen molar-refractivity contribution in [2.45, 2.75) is 4.90 Å². The van der Waals surface area contributed by atoms with Crippen molar-refractivity contribution in [2.75, 3.05) is 11.6 Å². The summed E-state index contributed by atoms with van der Waals surface area (Å²) < 4.78 is 13.4. The molecule has 2 aromatic carbocycles. The molecule has 2 nitrogen and oxygen atoms in total. The number of carbonyl (C=O) groups excluding carboxylic acids is 1. The maximum absolute atomic E-state index is 13.1. The molecule has 0 atom stereocenters. The van der Waals surface area contributed by atoms with E-state index in [0.29, 0.717) is 15.7 Å². The fraction of sp³-hybridized carbons (Fsp3) is 0.0714. The van der Waals surface area contributed by atoms with E-state index in [4.69, 9.17) is 0 Å². The molecule has 2 aromatic rings. The Balaban J connectivity index is 2.23. The fourth-order valence-corrected chi connectivity index (χ4v) is 2.58. The Labute approximate surface area is 123 Å². The zero-order valence-electron chi connectivity index (χ0n) is 10.1. The third kappa shape index (κ3) is 3.36. The Morgan fingerprint density at radius 2 is 2.00 bits per heavy atom. The van der Waals surface area contributed by atoms with Crippen molar-refractivity contribution in [1.82, 2.24) is 0 Å². The summed E-state index contributed by atoms with van der Waals surface area (Å²) in [5, 5.41) is 2.75. The van der Waals surface area contributed by atoms with Crippen LogP contribution >= 0.6 is 27.7 Å². The molecule has 0 radical (unpaired) electrons. The standard InChI is InChI=1S/C14H11BrFNOS/c1-19-13-5-3-2-4-10(13)14(18)17-9-6-7-12(16)11(15)8-9/h2-8H,1H3,(H,17,18). The van der Waals surface area contributed by atoms with Crippen molar-refractivity contribution in [2.24, 2.45) is 0 Å². The predicted octanol–water partition coefficient (Wildman–Crippen LogP) is 4.56. The topological polar surface area (TPSA) is 29.1 Å². The fourth-order valence-electron chi connectivity index (χ4n) is 1.60. The predicted molar refractivity (Wildman–Crippen MR) is 80.3 cm³/mol. The first-order valence-corrected chi connectivity index (χ1v) is 7.53. The van der Waals surface area contributed by atoms with Gasteiger partial charge in [-0.3, -0.25) is 4.79 Å². The van der Waals surface area contributed by atoms with Crippen molar-refractivity contribution in [1.29, 1.82) is 0 Å². The molecule has 0 aliphatic rings. The molecule has 0 saturated carbocycles. The van der Waals surface area contributed by atoms with Gasteiger partial charge in [-0.15, -0.1) is 11.8 Å². The van der Waals surface area contributed by atoms with E-state index in [2.05, 4.69) is 21.2 Å². The van der Waals surface area contributed by atoms with Gasteiger partial charge in [-0.2, -0.15) is 0 Å². The summed E-state index contributed by atoms with van der Waals surface area (Å²) in [7, 11) is 0. The van der Waals surface area contributed by atoms with Crippen LogP contribution in [0.5, 0.6) is 0 Å². The minimum absolute atomic E-state index is 0.205. The lowest BCUT2D eigenvalue weighted by Crippen LogP contribution is -2.12. The van der Waals surface area contributed by atoms with Gasteiger partial charge in [0.05, 0.1) is 10.0 Å². The number of halogens is 2. The molecule has 5 heteroatoms. The van der Waals surface area contributed by atoms with Crippen LogP contribution in [0, 0.1) is 5.82 Å². The monoisotopic (exact) mass is 339 g/mol. The van der Waals surface area contributed by atoms with Gasteiger partial charge < -0.3 is 5.32 Å². The molecule has 0 fully saturated rings. The highest BCUT2D eigenvalue weighted by molar-refractivity contribution is 9.10. The van der Waals surface area contributed by atoms with Crippen LogP contribution in [-0.4, -0.2) is 12.2 Å². The molecular formula is C14H11BrFNOS. The summed E-state index contributed by atoms with van der Waals surface area (Å²) in [5.74, 6) is -0.564. The van der Waals surface area contributed by atoms with Gasteiger partial charge in [0.1, 0.15) is 5.82 Å². The van der Waals surface area contributed by atoms with Crippen molar-refractivity contribution in [3.63, 3.8) is 0 Å². The Morgan fingerprint density at radius 1 is 1.26 bits per heavy atom. The normalized spacial score (nSPS) is 10.3. The molecule has 0 spiro atoms. The molecule has 19 heavy (non-hydrogen) atoms. The molecule has 1 N–H and O–H groups in total. The minimum Gasteiger partial charge on any atom is -0.322 e. The van der Waals surface area contributed by atoms with Crippen molar-refractivity contribution in [3.8, 4) is 0 Å². The Kier molecular flexibility index (Phi) is 4.61. The number of benzene rings is 2. The second-order valence-electron chi connectivity index (χ2n) is 3.78. The highest BCUT2D eigenvalue weighted by Gasteiger charge is 2.11. The van der Waals surface area contributed by atoms with Crippen LogP contribution in [-0.2, 0) is 0 Å². The van der Waals surface area contributed by atoms with Crippen LogP contribution in [0.4, 0.5) is 10.1 Å². The molecule has 0 aliphatic carbocycles. The summed E-state index contributed by atoms with van der Waals surface area (Å²) >= 11 is 4.60. The number of rotatable bonds is 3. The summed E-state index contributed by atoms with van der Waals surface area (Å²) in [6, 6.07) is 11.7. The van der Waals surface area contributed by atoms with E-state index in [1.165, 1.54) is 30.0 Å². The van der Waals surface area contributed by atoms with Crippen LogP contribution in [0.3, 0.4) is 0 Å². The minimum atomic E-state index is -0.359. The zero-order valence-corrected chi connectivity index (χ0v) is 12.5. The lowest BCUT2D eigenvalue weighted by molar-refractivity contribution is 0.102. The lowest BCUT2D eigenvalue weighted by Gasteiger charge is -2.09. The van der Waals surface area contributed by atoms with Gasteiger partial charge in [-0.1, -0.05) is 12.1 Å². The molecule has 0 aliphatic heterocycles. The van der Waals surface area contributed by atoms with Crippen molar-refractivity contribution < 1.29 is 9.18 Å². The maximum atomic E-state index is 13.1. The molecule has 1 amide bonds. The highest BCUT2D eigenvalue weighted by atomic mass is 79.9. The van der Waals surface area contributed by atoms with Crippen LogP contribution < -0.4 is 5.32 Å². The molecule has 0 aromatic heterocycles. The molecule has 0 heterocycles. The third-order valence-electron chi connectivity index (χ3n) is 2.53. The molecule has 0 saturated heterocycles. The first-order chi connectivity index (χ1) is 9.11. The quantitative estimate of drug-likeness (QED) is 0.830. The van der Waals surface area contributed by atoms with Crippen molar-refractivity contribution in [3.05, 3.63) is 58.3 Å². The van der Waals surface area contributed by atoms with Crippen LogP contribution in [0.1, 0.15) is 10.4 Å². The van der Waals surface area contributed by atoms with E-state index in [9.17, 15) is 9.18 Å². The second kappa shape index (κ2) is 6.21. The molecule has 0 unspecified atom stereocenters. The number of nitrogens with one attached hydrogen (secondary N) is 1. The Morgan fingerprint density at radius 3 is 2.68 bits per heavy atom. The molecule has 98 valence electrons. The summed E-state index contributed by atoms with van der Waals surface area (Å²) in [6.45, 7) is 0. The molecule has 2 rings (SSSR count). The van der Waals surface area contributed by atoms with Gasteiger partial charge in [0.25, 0.3) is 5.91 Å². The van der Waals surface area contributed by atoms with Crippen LogP contribution in [0.2, 0.25) is 0 Å². The van der Waals surface area contributed by atoms with E-state index >= 15 is 0 Å². The maximum Gasteiger partial charge on any atom is 0.256 e. The van der Waals surface area contributed by atoms with E-state index < -0.39 is 0 Å². The second-order valence-corrected chi connectivity index (χ2v) is 5.49. The number of carbonyl (C=O) groups is 1. The van der Waals surface area contributed by atoms with Gasteiger partial charge in [-0.05, 0) is 52.5 Å². The summed E-state index contributed by atoms with van der Waals surface area (Å²) in [6.07, 6.45) is 1.92. The van der Waals surface area contributed by atoms with E-state index in [1.807, 2.05) is 24.5 Å². The van der Waals surface area contributed by atoms with Crippen LogP contribution in [0.25, 0.3) is 0 Å². The number of anilines is 1. The zero-order chi connectivity index (χ0) is 13.8. The van der Waals surface area contributed by atoms with E-state index in [0.717, 1.165) is 4.90 Å². The number of hydrogen-bond acceptors (Lipinski definition) is 2. The first kappa shape index (κ1) is 14.1. The summed E-state index contributed by atoms with van der Waals surface area (Å²) in [4.78, 5) is 13.1. The third-order valence-corrected chi connectivity index (χ3v) is 3.93. The largest absolute Gasteiger partial charge is 0.322 e. The SMILES string of the molecule is CSc1ccccc1C(=O)Nc1ccc(F)c(Br)c1. The number of amides is 1. The lowest BCUT2D eigenvalue weighted by atomic mass is 10.2. The van der Waals surface area contributed by atoms with Gasteiger partial charge in [0.15, 0.2) is 0 Å². The van der Waals surface area contributed by atoms with Crippen molar-refractivity contribution >= 4 is 39.3 Å². The average molecular weight is 340 g/mol. The summed E-state index contributed by atoms with van der Waals surface area (Å²) in [5.41, 5.74) is 1.16. The average Bonchev–Trinajstić information content (AvgIpc) is 2.43. The molecule has 0 bridgehead atoms. The van der Waals surface area contributed by atoms with E-state index in [-0.39, 0.29) is 11.7 Å². The van der Waals surface area contributed by atoms with Gasteiger partial charge >= 0.3 is 0 Å². The first-order valence-electron chi connectivity index (χ1n) is 5.51. The Hall–Kier alpha value is -1.33. The van der Waals surface area contributed by atoms with Crippen LogP contribution in [0.15, 0.2) is 51.8 Å². The van der Waals surface area contributed by atoms with E-state index in [1.54, 1.807) is 6.07 Å². The van der Waals surface area contributed by atoms with Gasteiger partial charge in [-0.25, -0.2) is 4.39 Å². The molecular weight excluding hydrogens is 329 g/mol.